The smallest absolute Gasteiger partial charge is 0.261 e. The highest BCUT2D eigenvalue weighted by atomic mass is 19.3. The zero-order valence-electron chi connectivity index (χ0n) is 23.7. The summed E-state index contributed by atoms with van der Waals surface area (Å²) in [5.41, 5.74) is 10.5. The second kappa shape index (κ2) is 10.0. The van der Waals surface area contributed by atoms with E-state index in [1.807, 2.05) is 49.3 Å². The number of alkyl halides is 2. The maximum Gasteiger partial charge on any atom is 0.261 e. The number of fused-ring (bicyclic) bond motifs is 2. The van der Waals surface area contributed by atoms with Gasteiger partial charge in [0.1, 0.15) is 12.4 Å². The fraction of sp³-hybridized carbons (Fsp3) is 0.290. The summed E-state index contributed by atoms with van der Waals surface area (Å²) in [6.45, 7) is 5.21. The highest BCUT2D eigenvalue weighted by Gasteiger charge is 2.38. The van der Waals surface area contributed by atoms with Crippen LogP contribution in [0.1, 0.15) is 28.8 Å². The fourth-order valence-corrected chi connectivity index (χ4v) is 6.02. The summed E-state index contributed by atoms with van der Waals surface area (Å²) >= 11 is 0. The molecule has 3 aliphatic rings. The first-order valence-corrected chi connectivity index (χ1v) is 13.9. The second-order valence-electron chi connectivity index (χ2n) is 11.2. The Labute approximate surface area is 242 Å². The van der Waals surface area contributed by atoms with Gasteiger partial charge in [-0.2, -0.15) is 0 Å². The molecule has 2 N–H and O–H groups in total. The minimum atomic E-state index is -2.62. The van der Waals surface area contributed by atoms with E-state index < -0.39 is 5.92 Å². The third-order valence-electron chi connectivity index (χ3n) is 7.95. The van der Waals surface area contributed by atoms with E-state index in [9.17, 15) is 8.78 Å². The molecule has 0 amide bonds. The molecule has 0 radical (unpaired) electrons. The van der Waals surface area contributed by atoms with Crippen molar-refractivity contribution in [1.29, 1.82) is 0 Å². The van der Waals surface area contributed by atoms with E-state index in [4.69, 9.17) is 4.99 Å². The number of aromatic nitrogens is 4. The lowest BCUT2D eigenvalue weighted by Gasteiger charge is -2.31. The number of imidazole rings is 1. The number of nitrogens with zero attached hydrogens (tertiary/aromatic N) is 7. The minimum absolute atomic E-state index is 0.0942. The van der Waals surface area contributed by atoms with Crippen molar-refractivity contribution < 1.29 is 8.78 Å². The van der Waals surface area contributed by atoms with Crippen molar-refractivity contribution in [2.75, 3.05) is 42.3 Å². The quantitative estimate of drug-likeness (QED) is 0.336. The zero-order chi connectivity index (χ0) is 29.0. The number of nitrogens with one attached hydrogen (secondary N) is 2. The van der Waals surface area contributed by atoms with Crippen LogP contribution in [0, 0.1) is 13.8 Å². The van der Waals surface area contributed by atoms with Gasteiger partial charge in [0.2, 0.25) is 0 Å². The van der Waals surface area contributed by atoms with Gasteiger partial charge in [-0.15, -0.1) is 0 Å². The summed E-state index contributed by atoms with van der Waals surface area (Å²) in [4.78, 5) is 22.3. The summed E-state index contributed by atoms with van der Waals surface area (Å²) in [6, 6.07) is 8.29. The Bertz CT molecular complexity index is 1760. The number of rotatable bonds is 5. The highest BCUT2D eigenvalue weighted by molar-refractivity contribution is 6.19. The number of benzene rings is 1. The lowest BCUT2D eigenvalue weighted by atomic mass is 9.93. The van der Waals surface area contributed by atoms with Crippen LogP contribution in [0.5, 0.6) is 0 Å². The summed E-state index contributed by atoms with van der Waals surface area (Å²) in [5, 5.41) is 6.94. The molecule has 0 spiro atoms. The molecular weight excluding hydrogens is 536 g/mol. The van der Waals surface area contributed by atoms with Gasteiger partial charge < -0.3 is 20.1 Å². The highest BCUT2D eigenvalue weighted by Crippen LogP contribution is 2.38. The van der Waals surface area contributed by atoms with Crippen molar-refractivity contribution in [3.8, 4) is 16.8 Å². The molecule has 3 aliphatic heterocycles. The van der Waals surface area contributed by atoms with Crippen LogP contribution in [0.25, 0.3) is 16.8 Å². The number of allylic oxidation sites excluding steroid dienone is 1. The number of anilines is 3. The molecule has 7 rings (SSSR count). The first-order valence-electron chi connectivity index (χ1n) is 13.9. The van der Waals surface area contributed by atoms with Crippen molar-refractivity contribution >= 4 is 22.9 Å². The van der Waals surface area contributed by atoms with Crippen molar-refractivity contribution in [2.24, 2.45) is 4.99 Å². The van der Waals surface area contributed by atoms with Gasteiger partial charge in [0.15, 0.2) is 5.82 Å². The van der Waals surface area contributed by atoms with Gasteiger partial charge in [-0.1, -0.05) is 0 Å². The SMILES string of the molecule is Cc1cn(-c2ccnc3c2NC=C(C2=NCN(C)c4c(C)cc(-c5cncc(CN6CCC(F)(F)C6)c5)cc42)N3)cn1. The van der Waals surface area contributed by atoms with Crippen LogP contribution in [-0.4, -0.2) is 62.9 Å². The maximum atomic E-state index is 13.8. The van der Waals surface area contributed by atoms with Crippen molar-refractivity contribution in [1.82, 2.24) is 24.4 Å². The van der Waals surface area contributed by atoms with E-state index in [-0.39, 0.29) is 13.0 Å². The van der Waals surface area contributed by atoms with E-state index in [1.165, 1.54) is 0 Å². The van der Waals surface area contributed by atoms with Crippen molar-refractivity contribution in [3.05, 3.63) is 89.7 Å². The molecule has 9 nitrogen and oxygen atoms in total. The Morgan fingerprint density at radius 3 is 2.74 bits per heavy atom. The molecule has 0 aliphatic carbocycles. The predicted molar refractivity (Wildman–Crippen MR) is 160 cm³/mol. The lowest BCUT2D eigenvalue weighted by molar-refractivity contribution is 0.0115. The monoisotopic (exact) mass is 567 g/mol. The van der Waals surface area contributed by atoms with Gasteiger partial charge in [-0.05, 0) is 54.8 Å². The number of pyridine rings is 2. The Morgan fingerprint density at radius 1 is 1.07 bits per heavy atom. The van der Waals surface area contributed by atoms with Crippen LogP contribution in [0.2, 0.25) is 0 Å². The Kier molecular flexibility index (Phi) is 6.27. The normalized spacial score (nSPS) is 17.6. The van der Waals surface area contributed by atoms with Crippen LogP contribution >= 0.6 is 0 Å². The zero-order valence-corrected chi connectivity index (χ0v) is 23.7. The fourth-order valence-electron chi connectivity index (χ4n) is 6.02. The predicted octanol–water partition coefficient (Wildman–Crippen LogP) is 5.36. The Balaban J connectivity index is 1.21. The summed E-state index contributed by atoms with van der Waals surface area (Å²) in [7, 11) is 2.04. The molecule has 1 fully saturated rings. The maximum absolute atomic E-state index is 13.8. The van der Waals surface area contributed by atoms with Crippen LogP contribution in [-0.2, 0) is 6.54 Å². The van der Waals surface area contributed by atoms with Crippen LogP contribution in [0.4, 0.5) is 26.0 Å². The van der Waals surface area contributed by atoms with Gasteiger partial charge in [0.25, 0.3) is 5.92 Å². The van der Waals surface area contributed by atoms with Gasteiger partial charge in [0.05, 0.1) is 41.3 Å². The molecule has 214 valence electrons. The number of hydrogen-bond donors (Lipinski definition) is 2. The number of hydrogen-bond acceptors (Lipinski definition) is 8. The Hall–Kier alpha value is -4.64. The first kappa shape index (κ1) is 26.3. The molecule has 0 bridgehead atoms. The molecule has 1 saturated heterocycles. The topological polar surface area (TPSA) is 86.5 Å². The molecular formula is C31H31F2N9. The van der Waals surface area contributed by atoms with Crippen molar-refractivity contribution in [2.45, 2.75) is 32.7 Å². The minimum Gasteiger partial charge on any atom is -0.355 e. The number of halogens is 2. The van der Waals surface area contributed by atoms with Crippen LogP contribution in [0.15, 0.2) is 72.3 Å². The molecule has 3 aromatic heterocycles. The van der Waals surface area contributed by atoms with E-state index in [0.717, 1.165) is 62.0 Å². The third kappa shape index (κ3) is 4.79. The average molecular weight is 568 g/mol. The van der Waals surface area contributed by atoms with E-state index in [0.29, 0.717) is 25.6 Å². The molecule has 0 saturated carbocycles. The molecule has 0 unspecified atom stereocenters. The second-order valence-corrected chi connectivity index (χ2v) is 11.2. The lowest BCUT2D eigenvalue weighted by Crippen LogP contribution is -2.30. The van der Waals surface area contributed by atoms with Gasteiger partial charge in [-0.25, -0.2) is 18.7 Å². The number of aryl methyl sites for hydroxylation is 2. The summed E-state index contributed by atoms with van der Waals surface area (Å²) < 4.78 is 29.5. The van der Waals surface area contributed by atoms with Crippen LogP contribution in [0.3, 0.4) is 0 Å². The molecule has 42 heavy (non-hydrogen) atoms. The molecule has 0 atom stereocenters. The third-order valence-corrected chi connectivity index (χ3v) is 7.95. The number of likely N-dealkylation sites (tertiary alicyclic amines) is 1. The number of aliphatic imine (C=N–C) groups is 1. The first-order chi connectivity index (χ1) is 20.2. The summed E-state index contributed by atoms with van der Waals surface area (Å²) in [5.74, 6) is -1.91. The van der Waals surface area contributed by atoms with Crippen molar-refractivity contribution in [3.63, 3.8) is 0 Å². The van der Waals surface area contributed by atoms with Gasteiger partial charge in [0, 0.05) is 68.7 Å². The standard InChI is InChI=1S/C31H31F2N9/c1-19-8-22(23-9-21(11-34-12-23)15-41-7-5-31(32,33)16-41)10-24-27(38-17-40(3)29(19)24)25-13-36-28-26(4-6-35-30(28)39-25)42-14-20(2)37-18-42/h4,6,8-14,18,36H,5,7,15-17H2,1-3H3,(H,35,39). The molecule has 1 aromatic carbocycles. The summed E-state index contributed by atoms with van der Waals surface area (Å²) in [6.07, 6.45) is 11.0. The largest absolute Gasteiger partial charge is 0.355 e. The average Bonchev–Trinajstić information content (AvgIpc) is 3.56. The van der Waals surface area contributed by atoms with E-state index in [2.05, 4.69) is 49.5 Å². The van der Waals surface area contributed by atoms with E-state index in [1.54, 1.807) is 23.6 Å². The van der Waals surface area contributed by atoms with Crippen LogP contribution < -0.4 is 15.5 Å². The molecule has 11 heteroatoms. The van der Waals surface area contributed by atoms with Gasteiger partial charge >= 0.3 is 0 Å². The molecule has 6 heterocycles. The Morgan fingerprint density at radius 2 is 1.95 bits per heavy atom. The van der Waals surface area contributed by atoms with Gasteiger partial charge in [-0.3, -0.25) is 14.9 Å². The van der Waals surface area contributed by atoms with E-state index >= 15 is 0 Å². The molecule has 4 aromatic rings.